The molecule has 0 radical (unpaired) electrons. The minimum absolute atomic E-state index is 0.170. The van der Waals surface area contributed by atoms with Gasteiger partial charge in [0.25, 0.3) is 5.91 Å². The molecule has 0 aromatic heterocycles. The van der Waals surface area contributed by atoms with Gasteiger partial charge in [-0.1, -0.05) is 54.6 Å². The van der Waals surface area contributed by atoms with E-state index in [4.69, 9.17) is 24.7 Å². The molecule has 0 bridgehead atoms. The van der Waals surface area contributed by atoms with Crippen LogP contribution in [0.2, 0.25) is 0 Å². The van der Waals surface area contributed by atoms with Crippen molar-refractivity contribution in [3.63, 3.8) is 0 Å². The van der Waals surface area contributed by atoms with E-state index < -0.39 is 11.7 Å². The van der Waals surface area contributed by atoms with Crippen molar-refractivity contribution in [1.29, 1.82) is 0 Å². The van der Waals surface area contributed by atoms with E-state index in [1.807, 2.05) is 44.2 Å². The number of nitrogens with two attached hydrogens (primary N) is 1. The number of allylic oxidation sites excluding steroid dienone is 1. The molecule has 5 atom stereocenters. The number of amides is 1. The number of carbonyl (C=O) groups excluding carboxylic acids is 1. The molecular weight excluding hydrogens is 454 g/mol. The van der Waals surface area contributed by atoms with E-state index in [1.54, 1.807) is 7.05 Å². The summed E-state index contributed by atoms with van der Waals surface area (Å²) in [5, 5.41) is 5.96. The predicted octanol–water partition coefficient (Wildman–Crippen LogP) is 2.83. The summed E-state index contributed by atoms with van der Waals surface area (Å²) in [5.41, 5.74) is 8.32. The van der Waals surface area contributed by atoms with Gasteiger partial charge in [-0.3, -0.25) is 4.79 Å². The molecule has 0 spiro atoms. The lowest BCUT2D eigenvalue weighted by Gasteiger charge is -2.38. The van der Waals surface area contributed by atoms with Crippen molar-refractivity contribution < 1.29 is 23.7 Å². The molecule has 0 saturated carbocycles. The van der Waals surface area contributed by atoms with Gasteiger partial charge in [0.2, 0.25) is 0 Å². The molecule has 1 fully saturated rings. The van der Waals surface area contributed by atoms with E-state index in [9.17, 15) is 4.79 Å². The van der Waals surface area contributed by atoms with Crippen LogP contribution < -0.4 is 16.4 Å². The summed E-state index contributed by atoms with van der Waals surface area (Å²) in [5.74, 6) is -0.170. The minimum Gasteiger partial charge on any atom is -0.376 e. The van der Waals surface area contributed by atoms with Crippen LogP contribution in [0.4, 0.5) is 0 Å². The first-order valence-electron chi connectivity index (χ1n) is 11.9. The summed E-state index contributed by atoms with van der Waals surface area (Å²) in [6, 6.07) is 9.85. The van der Waals surface area contributed by atoms with Crippen molar-refractivity contribution in [2.45, 2.75) is 57.2 Å². The van der Waals surface area contributed by atoms with Crippen LogP contribution in [0.25, 0.3) is 0 Å². The molecule has 4 N–H and O–H groups in total. The number of thioether (sulfide) groups is 1. The zero-order chi connectivity index (χ0) is 24.5. The third-order valence-corrected chi connectivity index (χ3v) is 7.02. The van der Waals surface area contributed by atoms with Crippen LogP contribution in [-0.4, -0.2) is 63.0 Å². The molecule has 9 heteroatoms. The number of rotatable bonds is 11. The maximum Gasteiger partial charge on any atom is 0.268 e. The van der Waals surface area contributed by atoms with E-state index in [0.717, 1.165) is 16.9 Å². The average Bonchev–Trinajstić information content (AvgIpc) is 2.87. The van der Waals surface area contributed by atoms with Crippen molar-refractivity contribution in [2.75, 3.05) is 33.4 Å². The van der Waals surface area contributed by atoms with Crippen molar-refractivity contribution >= 4 is 17.7 Å². The quantitative estimate of drug-likeness (QED) is 0.406. The number of dihydropyridines is 1. The highest BCUT2D eigenvalue weighted by Crippen LogP contribution is 2.35. The molecule has 34 heavy (non-hydrogen) atoms. The molecule has 0 aliphatic carbocycles. The monoisotopic (exact) mass is 491 g/mol. The minimum atomic E-state index is -0.457. The molecule has 2 heterocycles. The Morgan fingerprint density at radius 1 is 1.32 bits per heavy atom. The van der Waals surface area contributed by atoms with E-state index >= 15 is 0 Å². The molecule has 8 nitrogen and oxygen atoms in total. The molecule has 1 aromatic carbocycles. The summed E-state index contributed by atoms with van der Waals surface area (Å²) in [4.78, 5) is 13.3. The highest BCUT2D eigenvalue weighted by atomic mass is 32.2. The third kappa shape index (κ3) is 6.84. The van der Waals surface area contributed by atoms with Crippen LogP contribution in [0.3, 0.4) is 0 Å². The Labute approximate surface area is 206 Å². The highest BCUT2D eigenvalue weighted by molar-refractivity contribution is 8.03. The van der Waals surface area contributed by atoms with Gasteiger partial charge < -0.3 is 35.3 Å². The fourth-order valence-electron chi connectivity index (χ4n) is 3.77. The first kappa shape index (κ1) is 26.7. The SMILES string of the molecule is CCO[C@@H](CN)C(OC1COC(c2ccccc2)OC1C)SC1=C(C(=O)NC)NCC(CC)=C1. The van der Waals surface area contributed by atoms with Gasteiger partial charge in [0.05, 0.1) is 12.7 Å². The van der Waals surface area contributed by atoms with Crippen LogP contribution in [0, 0.1) is 0 Å². The number of hydrogen-bond donors (Lipinski definition) is 3. The van der Waals surface area contributed by atoms with Crippen molar-refractivity contribution in [2.24, 2.45) is 5.73 Å². The normalized spacial score (nSPS) is 24.7. The second-order valence-electron chi connectivity index (χ2n) is 8.14. The van der Waals surface area contributed by atoms with Crippen LogP contribution >= 0.6 is 11.8 Å². The Morgan fingerprint density at radius 2 is 2.09 bits per heavy atom. The molecule has 3 rings (SSSR count). The Morgan fingerprint density at radius 3 is 2.71 bits per heavy atom. The Hall–Kier alpha value is -1.88. The lowest BCUT2D eigenvalue weighted by Crippen LogP contribution is -2.46. The first-order chi connectivity index (χ1) is 16.5. The van der Waals surface area contributed by atoms with Gasteiger partial charge in [0, 0.05) is 37.2 Å². The second kappa shape index (κ2) is 13.3. The van der Waals surface area contributed by atoms with Gasteiger partial charge in [-0.05, 0) is 26.3 Å². The van der Waals surface area contributed by atoms with Crippen LogP contribution in [0.15, 0.2) is 52.6 Å². The van der Waals surface area contributed by atoms with Gasteiger partial charge in [0.1, 0.15) is 23.3 Å². The van der Waals surface area contributed by atoms with Crippen molar-refractivity contribution in [3.8, 4) is 0 Å². The Bertz CT molecular complexity index is 863. The second-order valence-corrected chi connectivity index (χ2v) is 9.28. The smallest absolute Gasteiger partial charge is 0.268 e. The molecule has 1 amide bonds. The van der Waals surface area contributed by atoms with E-state index in [2.05, 4.69) is 23.6 Å². The fourth-order valence-corrected chi connectivity index (χ4v) is 5.08. The highest BCUT2D eigenvalue weighted by Gasteiger charge is 2.36. The number of likely N-dealkylation sites (N-methyl/N-ethyl adjacent to an activating group) is 1. The predicted molar refractivity (Wildman–Crippen MR) is 134 cm³/mol. The fraction of sp³-hybridized carbons (Fsp3) is 0.560. The first-order valence-corrected chi connectivity index (χ1v) is 12.7. The van der Waals surface area contributed by atoms with Crippen molar-refractivity contribution in [3.05, 3.63) is 58.1 Å². The van der Waals surface area contributed by atoms with Gasteiger partial charge in [-0.25, -0.2) is 0 Å². The molecule has 1 aromatic rings. The summed E-state index contributed by atoms with van der Waals surface area (Å²) < 4.78 is 24.6. The Kier molecular flexibility index (Phi) is 10.4. The number of carbonyl (C=O) groups is 1. The van der Waals surface area contributed by atoms with Gasteiger partial charge in [-0.15, -0.1) is 0 Å². The van der Waals surface area contributed by atoms with Crippen LogP contribution in [0.1, 0.15) is 39.0 Å². The molecule has 188 valence electrons. The number of nitrogens with one attached hydrogen (secondary N) is 2. The summed E-state index contributed by atoms with van der Waals surface area (Å²) in [7, 11) is 1.62. The zero-order valence-electron chi connectivity index (χ0n) is 20.4. The zero-order valence-corrected chi connectivity index (χ0v) is 21.2. The standard InChI is InChI=1S/C25H37N3O5S/c1-5-17-12-21(22(28-14-17)23(29)27-4)34-25(19(13-26)30-6-2)33-20-15-31-24(32-16(20)3)18-10-8-7-9-11-18/h7-12,16,19-20,24-25,28H,5-6,13-15,26H2,1-4H3,(H,27,29)/t16?,19-,20?,24?,25?/m0/s1. The molecule has 4 unspecified atom stereocenters. The van der Waals surface area contributed by atoms with Crippen LogP contribution in [0.5, 0.6) is 0 Å². The van der Waals surface area contributed by atoms with Crippen molar-refractivity contribution in [1.82, 2.24) is 10.6 Å². The van der Waals surface area contributed by atoms with Gasteiger partial charge in [-0.2, -0.15) is 0 Å². The average molecular weight is 492 g/mol. The van der Waals surface area contributed by atoms with Gasteiger partial charge >= 0.3 is 0 Å². The molecule has 2 aliphatic rings. The molecular formula is C25H37N3O5S. The molecule has 1 saturated heterocycles. The topological polar surface area (TPSA) is 104 Å². The lowest BCUT2D eigenvalue weighted by molar-refractivity contribution is -0.266. The largest absolute Gasteiger partial charge is 0.376 e. The Balaban J connectivity index is 1.79. The summed E-state index contributed by atoms with van der Waals surface area (Å²) >= 11 is 1.44. The number of hydrogen-bond acceptors (Lipinski definition) is 8. The number of ether oxygens (including phenoxy) is 4. The van der Waals surface area contributed by atoms with Crippen LogP contribution in [-0.2, 0) is 23.7 Å². The lowest BCUT2D eigenvalue weighted by atomic mass is 10.1. The third-order valence-electron chi connectivity index (χ3n) is 5.80. The molecule has 2 aliphatic heterocycles. The van der Waals surface area contributed by atoms with E-state index in [1.165, 1.54) is 17.3 Å². The maximum atomic E-state index is 12.5. The van der Waals surface area contributed by atoms with Gasteiger partial charge in [0.15, 0.2) is 6.29 Å². The maximum absolute atomic E-state index is 12.5. The van der Waals surface area contributed by atoms with E-state index in [-0.39, 0.29) is 30.8 Å². The number of benzene rings is 1. The summed E-state index contributed by atoms with van der Waals surface area (Å²) in [6.07, 6.45) is 1.62. The summed E-state index contributed by atoms with van der Waals surface area (Å²) in [6.45, 7) is 7.80. The van der Waals surface area contributed by atoms with E-state index in [0.29, 0.717) is 25.5 Å².